The molecule has 0 radical (unpaired) electrons. The van der Waals surface area contributed by atoms with Gasteiger partial charge in [0.1, 0.15) is 0 Å². The predicted octanol–water partition coefficient (Wildman–Crippen LogP) is 0.327. The van der Waals surface area contributed by atoms with Gasteiger partial charge in [-0.05, 0) is 13.8 Å². The van der Waals surface area contributed by atoms with Crippen LogP contribution in [0.2, 0.25) is 0 Å². The number of nitrogen functional groups attached to an aromatic ring is 1. The molecule has 13 heavy (non-hydrogen) atoms. The van der Waals surface area contributed by atoms with Crippen LogP contribution in [0.1, 0.15) is 13.8 Å². The topological polar surface area (TPSA) is 75.3 Å². The van der Waals surface area contributed by atoms with E-state index in [0.717, 1.165) is 5.13 Å². The number of aromatic nitrogens is 2. The van der Waals surface area contributed by atoms with Crippen molar-refractivity contribution in [1.29, 1.82) is 0 Å². The Balaban J connectivity index is 2.75. The van der Waals surface area contributed by atoms with Gasteiger partial charge in [-0.1, -0.05) is 0 Å². The van der Waals surface area contributed by atoms with E-state index in [4.69, 9.17) is 10.8 Å². The second-order valence-corrected chi connectivity index (χ2v) is 3.68. The number of nitrogens with zero attached hydrogens (tertiary/aromatic N) is 3. The van der Waals surface area contributed by atoms with Crippen LogP contribution in [0.3, 0.4) is 0 Å². The molecule has 6 heteroatoms. The number of hydrogen-bond donors (Lipinski definition) is 2. The molecule has 0 unspecified atom stereocenters. The van der Waals surface area contributed by atoms with Gasteiger partial charge in [-0.25, -0.2) is 0 Å². The summed E-state index contributed by atoms with van der Waals surface area (Å²) < 4.78 is 3.89. The zero-order chi connectivity index (χ0) is 9.84. The summed E-state index contributed by atoms with van der Waals surface area (Å²) in [7, 11) is 0. The first kappa shape index (κ1) is 10.2. The van der Waals surface area contributed by atoms with Crippen molar-refractivity contribution < 1.29 is 5.11 Å². The normalized spacial score (nSPS) is 10.8. The average Bonchev–Trinajstić information content (AvgIpc) is 2.46. The Kier molecular flexibility index (Phi) is 3.44. The van der Waals surface area contributed by atoms with Crippen molar-refractivity contribution in [3.8, 4) is 0 Å². The van der Waals surface area contributed by atoms with Gasteiger partial charge in [-0.15, -0.1) is 0 Å². The summed E-state index contributed by atoms with van der Waals surface area (Å²) in [5, 5.41) is 9.60. The van der Waals surface area contributed by atoms with E-state index in [0.29, 0.717) is 18.5 Å². The lowest BCUT2D eigenvalue weighted by Crippen LogP contribution is -2.33. The lowest BCUT2D eigenvalue weighted by Gasteiger charge is -2.24. The quantitative estimate of drug-likeness (QED) is 0.735. The summed E-state index contributed by atoms with van der Waals surface area (Å²) in [4.78, 5) is 6.02. The fourth-order valence-corrected chi connectivity index (χ4v) is 1.78. The molecule has 5 nitrogen and oxygen atoms in total. The third kappa shape index (κ3) is 2.53. The van der Waals surface area contributed by atoms with E-state index in [1.165, 1.54) is 11.5 Å². The highest BCUT2D eigenvalue weighted by Crippen LogP contribution is 2.19. The molecule has 3 N–H and O–H groups in total. The van der Waals surface area contributed by atoms with Crippen molar-refractivity contribution in [2.45, 2.75) is 19.9 Å². The van der Waals surface area contributed by atoms with Crippen LogP contribution < -0.4 is 10.6 Å². The Bertz CT molecular complexity index is 263. The Morgan fingerprint density at radius 3 is 2.69 bits per heavy atom. The number of rotatable bonds is 4. The third-order valence-electron chi connectivity index (χ3n) is 1.64. The highest BCUT2D eigenvalue weighted by Gasteiger charge is 2.13. The van der Waals surface area contributed by atoms with Gasteiger partial charge in [0, 0.05) is 24.1 Å². The number of aliphatic hydroxyl groups is 1. The van der Waals surface area contributed by atoms with Gasteiger partial charge in [-0.2, -0.15) is 9.36 Å². The van der Waals surface area contributed by atoms with E-state index in [-0.39, 0.29) is 6.61 Å². The van der Waals surface area contributed by atoms with Gasteiger partial charge < -0.3 is 15.7 Å². The largest absolute Gasteiger partial charge is 0.395 e. The van der Waals surface area contributed by atoms with Crippen LogP contribution in [0.15, 0.2) is 0 Å². The van der Waals surface area contributed by atoms with Crippen molar-refractivity contribution in [2.24, 2.45) is 0 Å². The summed E-state index contributed by atoms with van der Waals surface area (Å²) in [6.07, 6.45) is 0. The molecule has 0 amide bonds. The van der Waals surface area contributed by atoms with Gasteiger partial charge in [0.15, 0.2) is 0 Å². The van der Waals surface area contributed by atoms with E-state index in [2.05, 4.69) is 9.36 Å². The minimum atomic E-state index is 0.109. The third-order valence-corrected chi connectivity index (χ3v) is 2.41. The highest BCUT2D eigenvalue weighted by atomic mass is 32.1. The first-order chi connectivity index (χ1) is 6.15. The Morgan fingerprint density at radius 1 is 1.62 bits per heavy atom. The molecular formula is C7H14N4OS. The summed E-state index contributed by atoms with van der Waals surface area (Å²) in [6, 6.07) is 0.291. The second-order valence-electron chi connectivity index (χ2n) is 2.95. The van der Waals surface area contributed by atoms with Crippen molar-refractivity contribution >= 4 is 22.6 Å². The SMILES string of the molecule is CC(C)N(CCO)c1nc(N)ns1. The maximum Gasteiger partial charge on any atom is 0.233 e. The lowest BCUT2D eigenvalue weighted by molar-refractivity contribution is 0.299. The van der Waals surface area contributed by atoms with Crippen LogP contribution in [0.25, 0.3) is 0 Å². The van der Waals surface area contributed by atoms with Crippen molar-refractivity contribution in [1.82, 2.24) is 9.36 Å². The molecular weight excluding hydrogens is 188 g/mol. The molecule has 0 saturated heterocycles. The summed E-state index contributed by atoms with van der Waals surface area (Å²) >= 11 is 1.25. The summed E-state index contributed by atoms with van der Waals surface area (Å²) in [5.41, 5.74) is 5.41. The van der Waals surface area contributed by atoms with Crippen LogP contribution in [0.5, 0.6) is 0 Å². The Morgan fingerprint density at radius 2 is 2.31 bits per heavy atom. The smallest absolute Gasteiger partial charge is 0.233 e. The fraction of sp³-hybridized carbons (Fsp3) is 0.714. The van der Waals surface area contributed by atoms with Gasteiger partial charge in [0.25, 0.3) is 0 Å². The molecule has 0 spiro atoms. The molecule has 0 aliphatic carbocycles. The van der Waals surface area contributed by atoms with Crippen molar-refractivity contribution in [3.63, 3.8) is 0 Å². The molecule has 1 aromatic rings. The minimum Gasteiger partial charge on any atom is -0.395 e. The van der Waals surface area contributed by atoms with E-state index < -0.39 is 0 Å². The zero-order valence-electron chi connectivity index (χ0n) is 7.77. The molecule has 1 aromatic heterocycles. The zero-order valence-corrected chi connectivity index (χ0v) is 8.58. The number of anilines is 2. The fourth-order valence-electron chi connectivity index (χ4n) is 1.03. The van der Waals surface area contributed by atoms with Gasteiger partial charge in [0.05, 0.1) is 6.61 Å². The van der Waals surface area contributed by atoms with E-state index in [1.54, 1.807) is 0 Å². The monoisotopic (exact) mass is 202 g/mol. The number of nitrogens with two attached hydrogens (primary N) is 1. The van der Waals surface area contributed by atoms with Crippen LogP contribution in [0, 0.1) is 0 Å². The maximum absolute atomic E-state index is 8.84. The van der Waals surface area contributed by atoms with E-state index in [9.17, 15) is 0 Å². The van der Waals surface area contributed by atoms with E-state index >= 15 is 0 Å². The van der Waals surface area contributed by atoms with E-state index in [1.807, 2.05) is 18.7 Å². The van der Waals surface area contributed by atoms with Crippen LogP contribution in [-0.2, 0) is 0 Å². The molecule has 1 heterocycles. The van der Waals surface area contributed by atoms with Crippen LogP contribution >= 0.6 is 11.5 Å². The molecule has 0 aromatic carbocycles. The first-order valence-corrected chi connectivity index (χ1v) is 4.89. The number of hydrogen-bond acceptors (Lipinski definition) is 6. The molecule has 1 rings (SSSR count). The molecule has 0 bridgehead atoms. The number of aliphatic hydroxyl groups excluding tert-OH is 1. The summed E-state index contributed by atoms with van der Waals surface area (Å²) in [5.74, 6) is 0.295. The molecule has 0 atom stereocenters. The molecule has 0 aliphatic heterocycles. The predicted molar refractivity (Wildman–Crippen MR) is 53.9 cm³/mol. The average molecular weight is 202 g/mol. The molecule has 74 valence electrons. The van der Waals surface area contributed by atoms with Crippen LogP contribution in [-0.4, -0.2) is 33.7 Å². The van der Waals surface area contributed by atoms with Crippen LogP contribution in [0.4, 0.5) is 11.1 Å². The minimum absolute atomic E-state index is 0.109. The second kappa shape index (κ2) is 4.38. The lowest BCUT2D eigenvalue weighted by atomic mass is 10.3. The Hall–Kier alpha value is -0.880. The van der Waals surface area contributed by atoms with Crippen molar-refractivity contribution in [3.05, 3.63) is 0 Å². The maximum atomic E-state index is 8.84. The highest BCUT2D eigenvalue weighted by molar-refractivity contribution is 7.09. The molecule has 0 fully saturated rings. The van der Waals surface area contributed by atoms with Gasteiger partial charge >= 0.3 is 0 Å². The molecule has 0 saturated carbocycles. The first-order valence-electron chi connectivity index (χ1n) is 4.12. The molecule has 0 aliphatic rings. The van der Waals surface area contributed by atoms with Gasteiger partial charge in [-0.3, -0.25) is 0 Å². The standard InChI is InChI=1S/C7H14N4OS/c1-5(2)11(3-4-12)7-9-6(8)10-13-7/h5,12H,3-4H2,1-2H3,(H2,8,10). The Labute approximate surface area is 81.4 Å². The summed E-state index contributed by atoms with van der Waals surface area (Å²) in [6.45, 7) is 4.74. The van der Waals surface area contributed by atoms with Gasteiger partial charge in [0.2, 0.25) is 11.1 Å². The van der Waals surface area contributed by atoms with Crippen molar-refractivity contribution in [2.75, 3.05) is 23.8 Å².